The first kappa shape index (κ1) is 25.7. The number of likely N-dealkylation sites (N-methyl/N-ethyl adjacent to an activating group) is 1. The van der Waals surface area contributed by atoms with Crippen LogP contribution in [0.15, 0.2) is 54.6 Å². The number of rotatable bonds is 9. The van der Waals surface area contributed by atoms with Crippen molar-refractivity contribution in [1.29, 1.82) is 0 Å². The smallest absolute Gasteiger partial charge is 0.220 e. The van der Waals surface area contributed by atoms with Gasteiger partial charge in [0.15, 0.2) is 0 Å². The quantitative estimate of drug-likeness (QED) is 0.394. The highest BCUT2D eigenvalue weighted by Crippen LogP contribution is 2.54. The first-order valence-electron chi connectivity index (χ1n) is 13.3. The third-order valence-electron chi connectivity index (χ3n) is 8.56. The number of nitrogens with one attached hydrogen (secondary N) is 1. The van der Waals surface area contributed by atoms with E-state index in [9.17, 15) is 9.90 Å². The van der Waals surface area contributed by atoms with E-state index >= 15 is 0 Å². The minimum absolute atomic E-state index is 0.131. The van der Waals surface area contributed by atoms with Gasteiger partial charge in [-0.2, -0.15) is 0 Å². The number of quaternary nitrogens is 1. The number of unbranched alkanes of at least 4 members (excludes halogenated alkanes) is 2. The lowest BCUT2D eigenvalue weighted by Crippen LogP contribution is -2.71. The molecule has 4 rings (SSSR count). The maximum atomic E-state index is 12.9. The lowest BCUT2D eigenvalue weighted by molar-refractivity contribution is -0.905. The number of fused-ring (bicyclic) bond motifs is 1. The van der Waals surface area contributed by atoms with Crippen LogP contribution in [0.4, 0.5) is 0 Å². The molecule has 1 saturated carbocycles. The number of nitrogens with zero attached hydrogens (tertiary/aromatic N) is 1. The molecule has 0 unspecified atom stereocenters. The van der Waals surface area contributed by atoms with E-state index in [1.165, 1.54) is 5.56 Å². The molecule has 5 nitrogen and oxygen atoms in total. The molecular weight excluding hydrogens is 436 g/mol. The predicted molar refractivity (Wildman–Crippen MR) is 140 cm³/mol. The number of benzene rings is 2. The van der Waals surface area contributed by atoms with Crippen LogP contribution in [-0.2, 0) is 21.4 Å². The van der Waals surface area contributed by atoms with Gasteiger partial charge in [-0.15, -0.1) is 0 Å². The number of phenolic OH excluding ortho intramolecular Hbond substituents is 1. The van der Waals surface area contributed by atoms with Crippen LogP contribution in [-0.4, -0.2) is 61.4 Å². The van der Waals surface area contributed by atoms with E-state index in [0.717, 1.165) is 74.5 Å². The van der Waals surface area contributed by atoms with E-state index in [2.05, 4.69) is 49.7 Å². The molecule has 3 atom stereocenters. The second kappa shape index (κ2) is 10.7. The van der Waals surface area contributed by atoms with Crippen molar-refractivity contribution < 1.29 is 19.1 Å². The number of aryl methyl sites for hydroxylation is 1. The number of aromatic hydroxyl groups is 1. The molecule has 0 spiro atoms. The summed E-state index contributed by atoms with van der Waals surface area (Å²) in [5.74, 6) is 0.459. The molecule has 35 heavy (non-hydrogen) atoms. The monoisotopic (exact) mass is 479 g/mol. The molecule has 1 aliphatic carbocycles. The number of likely N-dealkylation sites (tertiary alicyclic amines) is 1. The van der Waals surface area contributed by atoms with Crippen LogP contribution in [0.25, 0.3) is 0 Å². The maximum Gasteiger partial charge on any atom is 0.220 e. The van der Waals surface area contributed by atoms with Gasteiger partial charge < -0.3 is 19.6 Å². The Bertz CT molecular complexity index is 992. The Morgan fingerprint density at radius 2 is 1.89 bits per heavy atom. The summed E-state index contributed by atoms with van der Waals surface area (Å²) in [6.07, 6.45) is 8.43. The number of amides is 1. The molecule has 5 heteroatoms. The zero-order chi connectivity index (χ0) is 24.9. The zero-order valence-electron chi connectivity index (χ0n) is 21.8. The second-order valence-corrected chi connectivity index (χ2v) is 11.5. The van der Waals surface area contributed by atoms with E-state index in [0.29, 0.717) is 12.2 Å². The van der Waals surface area contributed by atoms with Crippen molar-refractivity contribution in [3.05, 3.63) is 65.7 Å². The van der Waals surface area contributed by atoms with Crippen LogP contribution in [0.1, 0.15) is 62.5 Å². The van der Waals surface area contributed by atoms with Crippen molar-refractivity contribution in [3.63, 3.8) is 0 Å². The topological polar surface area (TPSA) is 58.6 Å². The summed E-state index contributed by atoms with van der Waals surface area (Å²) in [6, 6.07) is 18.4. The Kier molecular flexibility index (Phi) is 7.87. The van der Waals surface area contributed by atoms with Gasteiger partial charge in [0, 0.05) is 31.4 Å². The van der Waals surface area contributed by atoms with Crippen molar-refractivity contribution in [2.75, 3.05) is 34.3 Å². The molecule has 2 N–H and O–H groups in total. The van der Waals surface area contributed by atoms with Crippen LogP contribution < -0.4 is 5.32 Å². The third kappa shape index (κ3) is 5.73. The molecule has 1 heterocycles. The molecule has 0 bridgehead atoms. The first-order chi connectivity index (χ1) is 16.8. The van der Waals surface area contributed by atoms with Gasteiger partial charge in [0.05, 0.1) is 20.6 Å². The average Bonchev–Trinajstić information content (AvgIpc) is 2.84. The lowest BCUT2D eigenvalue weighted by Gasteiger charge is -2.60. The summed E-state index contributed by atoms with van der Waals surface area (Å²) in [5.41, 5.74) is 1.98. The molecule has 0 aromatic heterocycles. The van der Waals surface area contributed by atoms with Gasteiger partial charge in [-0.3, -0.25) is 4.79 Å². The molecular formula is C30H43N2O3+. The number of piperidine rings is 1. The zero-order valence-corrected chi connectivity index (χ0v) is 21.8. The molecule has 2 aromatic carbocycles. The molecule has 0 radical (unpaired) electrons. The Labute approximate surface area is 211 Å². The fourth-order valence-electron chi connectivity index (χ4n) is 6.73. The minimum Gasteiger partial charge on any atom is -0.508 e. The van der Waals surface area contributed by atoms with Gasteiger partial charge in [-0.1, -0.05) is 48.9 Å². The summed E-state index contributed by atoms with van der Waals surface area (Å²) in [7, 11) is 6.40. The van der Waals surface area contributed by atoms with E-state index in [1.807, 2.05) is 25.3 Å². The van der Waals surface area contributed by atoms with Crippen LogP contribution in [0.5, 0.6) is 5.75 Å². The van der Waals surface area contributed by atoms with Gasteiger partial charge in [0.25, 0.3) is 0 Å². The summed E-state index contributed by atoms with van der Waals surface area (Å²) < 4.78 is 7.31. The van der Waals surface area contributed by atoms with Gasteiger partial charge in [-0.05, 0) is 61.8 Å². The molecule has 2 fully saturated rings. The Hall–Kier alpha value is -2.37. The fourth-order valence-corrected chi connectivity index (χ4v) is 6.73. The highest BCUT2D eigenvalue weighted by Gasteiger charge is 2.62. The van der Waals surface area contributed by atoms with Gasteiger partial charge in [0.2, 0.25) is 5.91 Å². The Balaban J connectivity index is 1.39. The maximum absolute atomic E-state index is 12.9. The van der Waals surface area contributed by atoms with Gasteiger partial charge in [0.1, 0.15) is 17.9 Å². The molecule has 2 aromatic rings. The van der Waals surface area contributed by atoms with Gasteiger partial charge >= 0.3 is 0 Å². The Morgan fingerprint density at radius 1 is 1.09 bits per heavy atom. The normalized spacial score (nSPS) is 27.7. The minimum atomic E-state index is -0.304. The second-order valence-electron chi connectivity index (χ2n) is 11.5. The number of methoxy groups -OCH3 is 1. The van der Waals surface area contributed by atoms with E-state index in [1.54, 1.807) is 6.07 Å². The van der Waals surface area contributed by atoms with E-state index < -0.39 is 0 Å². The SMILES string of the molecule is CO[C@]12CC[C@@H](NC(=O)CCCCCc3ccccc3)C[C@]1(c1cccc(O)c1)CC[N+](C)(C)C2. The Morgan fingerprint density at radius 3 is 2.63 bits per heavy atom. The molecule has 1 amide bonds. The first-order valence-corrected chi connectivity index (χ1v) is 13.3. The number of carbonyl (C=O) groups is 1. The molecule has 1 saturated heterocycles. The van der Waals surface area contributed by atoms with Crippen LogP contribution in [0.2, 0.25) is 0 Å². The van der Waals surface area contributed by atoms with Crippen LogP contribution in [0, 0.1) is 0 Å². The predicted octanol–water partition coefficient (Wildman–Crippen LogP) is 4.97. The van der Waals surface area contributed by atoms with Crippen molar-refractivity contribution in [2.45, 2.75) is 74.8 Å². The number of hydrogen-bond donors (Lipinski definition) is 2. The van der Waals surface area contributed by atoms with E-state index in [4.69, 9.17) is 4.74 Å². The van der Waals surface area contributed by atoms with Crippen molar-refractivity contribution in [3.8, 4) is 5.75 Å². The summed E-state index contributed by atoms with van der Waals surface area (Å²) in [6.45, 7) is 1.98. The largest absolute Gasteiger partial charge is 0.508 e. The highest BCUT2D eigenvalue weighted by atomic mass is 16.5. The standard InChI is InChI=1S/C30H42N2O3/c1-32(2)20-19-29(25-14-10-15-27(33)21-25)22-26(17-18-30(29,23-32)35-3)31-28(34)16-9-5-8-13-24-11-6-4-7-12-24/h4,6-7,10-12,14-15,21,26H,5,8-9,13,16-20,22-23H2,1-3H3,(H-,31,33,34)/p+1/t26-,29+,30+/m1/s1. The molecule has 190 valence electrons. The summed E-state index contributed by atoms with van der Waals surface area (Å²) >= 11 is 0. The summed E-state index contributed by atoms with van der Waals surface area (Å²) in [4.78, 5) is 12.9. The number of phenols is 1. The summed E-state index contributed by atoms with van der Waals surface area (Å²) in [5, 5.41) is 13.7. The third-order valence-corrected chi connectivity index (χ3v) is 8.56. The van der Waals surface area contributed by atoms with Crippen LogP contribution in [0.3, 0.4) is 0 Å². The van der Waals surface area contributed by atoms with Crippen molar-refractivity contribution in [1.82, 2.24) is 5.32 Å². The highest BCUT2D eigenvalue weighted by molar-refractivity contribution is 5.76. The molecule has 2 aliphatic rings. The molecule has 1 aliphatic heterocycles. The lowest BCUT2D eigenvalue weighted by atomic mass is 9.54. The van der Waals surface area contributed by atoms with E-state index in [-0.39, 0.29) is 23.0 Å². The average molecular weight is 480 g/mol. The van der Waals surface area contributed by atoms with Gasteiger partial charge in [-0.25, -0.2) is 0 Å². The van der Waals surface area contributed by atoms with Crippen molar-refractivity contribution >= 4 is 5.91 Å². The number of ether oxygens (including phenoxy) is 1. The van der Waals surface area contributed by atoms with Crippen LogP contribution >= 0.6 is 0 Å². The fraction of sp³-hybridized carbons (Fsp3) is 0.567. The number of hydrogen-bond acceptors (Lipinski definition) is 3. The van der Waals surface area contributed by atoms with Crippen molar-refractivity contribution in [2.24, 2.45) is 0 Å². The number of carbonyl (C=O) groups excluding carboxylic acids is 1.